The van der Waals surface area contributed by atoms with E-state index in [-0.39, 0.29) is 47.3 Å². The molecule has 1 aromatic heterocycles. The first kappa shape index (κ1) is 27.8. The van der Waals surface area contributed by atoms with Crippen molar-refractivity contribution in [3.05, 3.63) is 74.2 Å². The fourth-order valence-electron chi connectivity index (χ4n) is 3.79. The number of benzene rings is 1. The van der Waals surface area contributed by atoms with Crippen LogP contribution in [0.5, 0.6) is 0 Å². The molecule has 1 aliphatic rings. The number of allylic oxidation sites excluding steroid dienone is 1. The molecule has 0 saturated heterocycles. The largest absolute Gasteiger partial charge is 0.404 e. The molecule has 0 radical (unpaired) electrons. The van der Waals surface area contributed by atoms with E-state index in [2.05, 4.69) is 15.3 Å². The average Bonchev–Trinajstić information content (AvgIpc) is 3.35. The second kappa shape index (κ2) is 12.4. The van der Waals surface area contributed by atoms with Crippen LogP contribution < -0.4 is 11.1 Å². The smallest absolute Gasteiger partial charge is 0.331 e. The summed E-state index contributed by atoms with van der Waals surface area (Å²) in [5.74, 6) is -0.294. The van der Waals surface area contributed by atoms with Gasteiger partial charge >= 0.3 is 6.55 Å². The highest BCUT2D eigenvalue weighted by molar-refractivity contribution is 7.11. The van der Waals surface area contributed by atoms with Gasteiger partial charge in [0.2, 0.25) is 0 Å². The van der Waals surface area contributed by atoms with E-state index in [0.29, 0.717) is 10.6 Å². The van der Waals surface area contributed by atoms with Crippen LogP contribution in [0.2, 0.25) is 5.02 Å². The third-order valence-electron chi connectivity index (χ3n) is 5.13. The van der Waals surface area contributed by atoms with Crippen LogP contribution in [0.15, 0.2) is 62.8 Å². The number of ether oxygens (including phenoxy) is 2. The Morgan fingerprint density at radius 3 is 2.61 bits per heavy atom. The van der Waals surface area contributed by atoms with Crippen LogP contribution >= 0.6 is 22.9 Å². The second-order valence-electron chi connectivity index (χ2n) is 7.77. The molecule has 1 aliphatic heterocycles. The quantitative estimate of drug-likeness (QED) is 0.240. The van der Waals surface area contributed by atoms with E-state index in [1.807, 2.05) is 0 Å². The van der Waals surface area contributed by atoms with Gasteiger partial charge in [0, 0.05) is 66.5 Å². The lowest BCUT2D eigenvalue weighted by Gasteiger charge is -2.33. The Balaban J connectivity index is 2.27. The first-order chi connectivity index (χ1) is 17.2. The minimum Gasteiger partial charge on any atom is -0.404 e. The number of alkyl halides is 3. The van der Waals surface area contributed by atoms with E-state index in [4.69, 9.17) is 31.8 Å². The van der Waals surface area contributed by atoms with Crippen molar-refractivity contribution >= 4 is 35.0 Å². The minimum atomic E-state index is -3.01. The molecule has 0 fully saturated rings. The molecule has 194 valence electrons. The number of hydrogen-bond acceptors (Lipinski definition) is 8. The van der Waals surface area contributed by atoms with Gasteiger partial charge in [-0.2, -0.15) is 8.78 Å². The normalized spacial score (nSPS) is 17.2. The molecule has 0 unspecified atom stereocenters. The number of aliphatic imine (C=N–C) groups is 2. The molecule has 0 amide bonds. The number of nitrogens with zero attached hydrogens (tertiary/aromatic N) is 3. The van der Waals surface area contributed by atoms with Gasteiger partial charge in [0.1, 0.15) is 11.9 Å². The van der Waals surface area contributed by atoms with E-state index < -0.39 is 24.1 Å². The molecule has 0 saturated carbocycles. The highest BCUT2D eigenvalue weighted by Crippen LogP contribution is 2.41. The van der Waals surface area contributed by atoms with Crippen LogP contribution in [0, 0.1) is 5.82 Å². The van der Waals surface area contributed by atoms with Gasteiger partial charge in [-0.05, 0) is 17.7 Å². The predicted molar refractivity (Wildman–Crippen MR) is 132 cm³/mol. The monoisotopic (exact) mass is 545 g/mol. The summed E-state index contributed by atoms with van der Waals surface area (Å²) in [6, 6.07) is 2.72. The first-order valence-electron chi connectivity index (χ1n) is 10.5. The molecule has 0 spiro atoms. The van der Waals surface area contributed by atoms with E-state index >= 15 is 4.39 Å². The number of hydrogen-bond donors (Lipinski definition) is 2. The summed E-state index contributed by atoms with van der Waals surface area (Å²) in [5, 5.41) is 5.32. The number of thiazole rings is 1. The summed E-state index contributed by atoms with van der Waals surface area (Å²) in [6.45, 7) is -3.65. The zero-order valence-corrected chi connectivity index (χ0v) is 20.9. The van der Waals surface area contributed by atoms with Crippen molar-refractivity contribution in [3.63, 3.8) is 0 Å². The average molecular weight is 546 g/mol. The van der Waals surface area contributed by atoms with E-state index in [1.54, 1.807) is 11.6 Å². The lowest BCUT2D eigenvalue weighted by atomic mass is 9.87. The molecule has 36 heavy (non-hydrogen) atoms. The number of methoxy groups -OCH3 is 2. The molecular weight excluding hydrogens is 522 g/mol. The van der Waals surface area contributed by atoms with E-state index in [0.717, 1.165) is 18.5 Å². The fraction of sp³-hybridized carbons (Fsp3) is 0.348. The van der Waals surface area contributed by atoms with Gasteiger partial charge in [0.25, 0.3) is 0 Å². The lowest BCUT2D eigenvalue weighted by molar-refractivity contribution is -0.0181. The maximum atomic E-state index is 15.9. The SMILES string of the molecule is COCC(F)(COC)CC1=C(C(C=NC(F)F)=CN)[C@H](c2ccc(F)cc2Cl)N=C(c2nccs2)N1. The van der Waals surface area contributed by atoms with Crippen LogP contribution in [0.4, 0.5) is 17.6 Å². The molecule has 7 nitrogen and oxygen atoms in total. The number of nitrogens with one attached hydrogen (secondary N) is 1. The summed E-state index contributed by atoms with van der Waals surface area (Å²) in [6.07, 6.45) is 3.20. The van der Waals surface area contributed by atoms with E-state index in [9.17, 15) is 13.2 Å². The van der Waals surface area contributed by atoms with Crippen LogP contribution in [0.3, 0.4) is 0 Å². The number of nitrogens with two attached hydrogens (primary N) is 1. The third kappa shape index (κ3) is 6.69. The summed E-state index contributed by atoms with van der Waals surface area (Å²) in [7, 11) is 2.69. The van der Waals surface area contributed by atoms with Crippen LogP contribution in [0.25, 0.3) is 0 Å². The Morgan fingerprint density at radius 1 is 1.33 bits per heavy atom. The van der Waals surface area contributed by atoms with Gasteiger partial charge in [-0.3, -0.25) is 4.99 Å². The number of aromatic nitrogens is 1. The Hall–Kier alpha value is -2.80. The van der Waals surface area contributed by atoms with Crippen LogP contribution in [-0.4, -0.2) is 56.7 Å². The van der Waals surface area contributed by atoms with Gasteiger partial charge in [0.15, 0.2) is 16.5 Å². The Morgan fingerprint density at radius 2 is 2.06 bits per heavy atom. The zero-order chi connectivity index (χ0) is 26.3. The predicted octanol–water partition coefficient (Wildman–Crippen LogP) is 4.81. The molecule has 1 atom stereocenters. The van der Waals surface area contributed by atoms with Crippen molar-refractivity contribution in [2.45, 2.75) is 24.7 Å². The van der Waals surface area contributed by atoms with Gasteiger partial charge in [-0.15, -0.1) is 11.3 Å². The minimum absolute atomic E-state index is 0.0310. The maximum Gasteiger partial charge on any atom is 0.331 e. The van der Waals surface area contributed by atoms with Crippen molar-refractivity contribution in [3.8, 4) is 0 Å². The topological polar surface area (TPSA) is 94.1 Å². The number of rotatable bonds is 11. The molecular formula is C23H24ClF4N5O2S. The fourth-order valence-corrected chi connectivity index (χ4v) is 4.65. The number of halogens is 5. The van der Waals surface area contributed by atoms with Gasteiger partial charge < -0.3 is 20.5 Å². The van der Waals surface area contributed by atoms with Crippen molar-refractivity contribution < 1.29 is 27.0 Å². The molecule has 0 aliphatic carbocycles. The molecule has 13 heteroatoms. The molecule has 2 heterocycles. The maximum absolute atomic E-state index is 15.9. The van der Waals surface area contributed by atoms with Crippen LogP contribution in [-0.2, 0) is 9.47 Å². The van der Waals surface area contributed by atoms with Crippen molar-refractivity contribution in [2.24, 2.45) is 15.7 Å². The highest BCUT2D eigenvalue weighted by Gasteiger charge is 2.37. The molecule has 0 bridgehead atoms. The molecule has 1 aromatic carbocycles. The molecule has 2 aromatic rings. The summed E-state index contributed by atoms with van der Waals surface area (Å²) >= 11 is 7.65. The lowest BCUT2D eigenvalue weighted by Crippen LogP contribution is -2.40. The molecule has 3 N–H and O–H groups in total. The summed E-state index contributed by atoms with van der Waals surface area (Å²) in [5.41, 5.74) is 4.65. The Bertz CT molecular complexity index is 1170. The second-order valence-corrected chi connectivity index (χ2v) is 9.07. The third-order valence-corrected chi connectivity index (χ3v) is 6.24. The van der Waals surface area contributed by atoms with Gasteiger partial charge in [-0.25, -0.2) is 18.8 Å². The summed E-state index contributed by atoms with van der Waals surface area (Å²) < 4.78 is 65.8. The van der Waals surface area contributed by atoms with Crippen LogP contribution in [0.1, 0.15) is 23.0 Å². The first-order valence-corrected chi connectivity index (χ1v) is 11.8. The van der Waals surface area contributed by atoms with Crippen molar-refractivity contribution in [1.82, 2.24) is 10.3 Å². The highest BCUT2D eigenvalue weighted by atomic mass is 35.5. The van der Waals surface area contributed by atoms with Crippen molar-refractivity contribution in [1.29, 1.82) is 0 Å². The Labute approximate surface area is 214 Å². The standard InChI is InChI=1S/C23H24ClF4N5O2S/c1-34-11-23(28,12-35-2)8-17-18(13(9-29)10-31-22(26)27)19(15-4-3-14(25)7-16(15)24)33-20(32-17)21-30-5-6-36-21/h3-7,9-10,19,22H,8,11-12,29H2,1-2H3,(H,32,33)/t19-/m0/s1. The number of amidine groups is 1. The van der Waals surface area contributed by atoms with E-state index in [1.165, 1.54) is 37.7 Å². The Kier molecular flexibility index (Phi) is 9.60. The van der Waals surface area contributed by atoms with Gasteiger partial charge in [0.05, 0.1) is 13.2 Å². The van der Waals surface area contributed by atoms with Crippen molar-refractivity contribution in [2.75, 3.05) is 27.4 Å². The zero-order valence-electron chi connectivity index (χ0n) is 19.4. The molecule has 3 rings (SSSR count). The summed E-state index contributed by atoms with van der Waals surface area (Å²) in [4.78, 5) is 12.1. The van der Waals surface area contributed by atoms with Gasteiger partial charge in [-0.1, -0.05) is 17.7 Å².